The van der Waals surface area contributed by atoms with E-state index in [-0.39, 0.29) is 23.5 Å². The molecule has 34 heavy (non-hydrogen) atoms. The van der Waals surface area contributed by atoms with Gasteiger partial charge in [-0.25, -0.2) is 4.90 Å². The second-order valence-electron chi connectivity index (χ2n) is 9.12. The molecule has 1 heterocycles. The fraction of sp³-hybridized carbons (Fsp3) is 0.214. The van der Waals surface area contributed by atoms with Crippen molar-refractivity contribution >= 4 is 29.3 Å². The summed E-state index contributed by atoms with van der Waals surface area (Å²) in [7, 11) is 0. The molecule has 0 spiro atoms. The van der Waals surface area contributed by atoms with Crippen LogP contribution >= 0.6 is 0 Å². The van der Waals surface area contributed by atoms with Crippen LogP contribution in [-0.2, 0) is 24.6 Å². The summed E-state index contributed by atoms with van der Waals surface area (Å²) >= 11 is 0. The van der Waals surface area contributed by atoms with Gasteiger partial charge in [0.05, 0.1) is 22.9 Å². The van der Waals surface area contributed by atoms with Crippen LogP contribution < -0.4 is 9.64 Å². The Balaban J connectivity index is 1.56. The van der Waals surface area contributed by atoms with Crippen molar-refractivity contribution in [3.63, 3.8) is 0 Å². The molecule has 1 fully saturated rings. The summed E-state index contributed by atoms with van der Waals surface area (Å²) in [6.07, 6.45) is 0. The van der Waals surface area contributed by atoms with Crippen molar-refractivity contribution in [2.75, 3.05) is 4.90 Å². The first-order valence-corrected chi connectivity index (χ1v) is 11.2. The number of hydrogen-bond acceptors (Lipinski definition) is 5. The molecule has 2 amide bonds. The van der Waals surface area contributed by atoms with Crippen molar-refractivity contribution in [1.29, 1.82) is 0 Å². The summed E-state index contributed by atoms with van der Waals surface area (Å²) in [5, 5.41) is 0. The van der Waals surface area contributed by atoms with E-state index < -0.39 is 23.2 Å². The lowest BCUT2D eigenvalue weighted by Crippen LogP contribution is -2.57. The lowest BCUT2D eigenvalue weighted by Gasteiger charge is -2.52. The van der Waals surface area contributed by atoms with Gasteiger partial charge in [0.2, 0.25) is 11.8 Å². The molecular weight excluding hydrogens is 430 g/mol. The molecule has 3 aromatic rings. The number of carbonyl (C=O) groups excluding carboxylic acids is 4. The van der Waals surface area contributed by atoms with E-state index in [1.165, 1.54) is 18.7 Å². The van der Waals surface area contributed by atoms with Crippen molar-refractivity contribution < 1.29 is 23.9 Å². The van der Waals surface area contributed by atoms with Crippen LogP contribution in [0.15, 0.2) is 72.8 Å². The van der Waals surface area contributed by atoms with Crippen molar-refractivity contribution in [2.24, 2.45) is 11.8 Å². The Morgan fingerprint density at radius 1 is 0.794 bits per heavy atom. The molecule has 0 N–H and O–H groups in total. The molecule has 0 aromatic heterocycles. The minimum atomic E-state index is -1.22. The number of rotatable bonds is 3. The van der Waals surface area contributed by atoms with E-state index in [4.69, 9.17) is 4.74 Å². The van der Waals surface area contributed by atoms with Crippen LogP contribution in [-0.4, -0.2) is 23.6 Å². The molecule has 4 aliphatic rings. The highest BCUT2D eigenvalue weighted by atomic mass is 16.5. The van der Waals surface area contributed by atoms with Gasteiger partial charge in [-0.1, -0.05) is 48.5 Å². The molecule has 0 unspecified atom stereocenters. The molecule has 3 aliphatic carbocycles. The van der Waals surface area contributed by atoms with E-state index in [0.717, 1.165) is 22.3 Å². The maximum atomic E-state index is 14.0. The first-order valence-electron chi connectivity index (χ1n) is 11.2. The van der Waals surface area contributed by atoms with E-state index >= 15 is 0 Å². The number of ketones is 1. The molecule has 1 aliphatic heterocycles. The predicted molar refractivity (Wildman–Crippen MR) is 123 cm³/mol. The second kappa shape index (κ2) is 6.97. The van der Waals surface area contributed by atoms with E-state index in [9.17, 15) is 19.2 Å². The Hall–Kier alpha value is -4.06. The van der Waals surface area contributed by atoms with Crippen molar-refractivity contribution in [1.82, 2.24) is 0 Å². The van der Waals surface area contributed by atoms with Crippen molar-refractivity contribution in [3.05, 3.63) is 95.1 Å². The molecule has 3 aromatic carbocycles. The first kappa shape index (κ1) is 20.5. The molecule has 6 heteroatoms. The molecule has 2 bridgehead atoms. The van der Waals surface area contributed by atoms with Gasteiger partial charge in [0.25, 0.3) is 0 Å². The van der Waals surface area contributed by atoms with Gasteiger partial charge in [-0.05, 0) is 53.4 Å². The van der Waals surface area contributed by atoms with E-state index in [1.807, 2.05) is 48.5 Å². The molecule has 1 saturated heterocycles. The van der Waals surface area contributed by atoms with Gasteiger partial charge in [-0.3, -0.25) is 19.2 Å². The van der Waals surface area contributed by atoms with Gasteiger partial charge in [0.15, 0.2) is 0 Å². The minimum absolute atomic E-state index is 0.145. The molecule has 6 nitrogen and oxygen atoms in total. The fourth-order valence-corrected chi connectivity index (χ4v) is 6.45. The third-order valence-electron chi connectivity index (χ3n) is 7.53. The average molecular weight is 451 g/mol. The summed E-state index contributed by atoms with van der Waals surface area (Å²) in [6.45, 7) is 2.82. The highest BCUT2D eigenvalue weighted by Gasteiger charge is 2.69. The number of benzene rings is 3. The Bertz CT molecular complexity index is 1360. The van der Waals surface area contributed by atoms with E-state index in [1.54, 1.807) is 24.3 Å². The average Bonchev–Trinajstić information content (AvgIpc) is 3.10. The van der Waals surface area contributed by atoms with Gasteiger partial charge in [-0.2, -0.15) is 0 Å². The predicted octanol–water partition coefficient (Wildman–Crippen LogP) is 3.75. The van der Waals surface area contributed by atoms with Crippen LogP contribution in [0.5, 0.6) is 5.75 Å². The summed E-state index contributed by atoms with van der Waals surface area (Å²) in [4.78, 5) is 53.9. The number of nitrogens with zero attached hydrogens (tertiary/aromatic N) is 1. The van der Waals surface area contributed by atoms with Crippen LogP contribution in [0.1, 0.15) is 42.0 Å². The maximum absolute atomic E-state index is 14.0. The van der Waals surface area contributed by atoms with Gasteiger partial charge < -0.3 is 4.74 Å². The molecule has 0 saturated carbocycles. The van der Waals surface area contributed by atoms with Gasteiger partial charge >= 0.3 is 5.97 Å². The zero-order valence-corrected chi connectivity index (χ0v) is 18.6. The zero-order valence-electron chi connectivity index (χ0n) is 18.6. The van der Waals surface area contributed by atoms with Gasteiger partial charge in [0, 0.05) is 12.8 Å². The fourth-order valence-electron chi connectivity index (χ4n) is 6.45. The number of carbonyl (C=O) groups is 4. The molecule has 168 valence electrons. The van der Waals surface area contributed by atoms with Crippen LogP contribution in [0.2, 0.25) is 0 Å². The zero-order chi connectivity index (χ0) is 23.8. The molecule has 7 rings (SSSR count). The van der Waals surface area contributed by atoms with Crippen LogP contribution in [0.4, 0.5) is 5.69 Å². The van der Waals surface area contributed by atoms with E-state index in [2.05, 4.69) is 0 Å². The maximum Gasteiger partial charge on any atom is 0.308 e. The van der Waals surface area contributed by atoms with Crippen molar-refractivity contribution in [2.45, 2.75) is 25.2 Å². The topological polar surface area (TPSA) is 80.8 Å². The van der Waals surface area contributed by atoms with Crippen molar-refractivity contribution in [3.8, 4) is 5.75 Å². The van der Waals surface area contributed by atoms with Crippen LogP contribution in [0.3, 0.4) is 0 Å². The van der Waals surface area contributed by atoms with Gasteiger partial charge in [-0.15, -0.1) is 0 Å². The monoisotopic (exact) mass is 451 g/mol. The van der Waals surface area contributed by atoms with E-state index in [0.29, 0.717) is 11.4 Å². The number of amides is 2. The van der Waals surface area contributed by atoms with Gasteiger partial charge in [0.1, 0.15) is 11.5 Å². The Labute approximate surface area is 196 Å². The smallest absolute Gasteiger partial charge is 0.308 e. The summed E-state index contributed by atoms with van der Waals surface area (Å²) in [5.74, 6) is -2.76. The number of ether oxygens (including phenoxy) is 1. The lowest BCUT2D eigenvalue weighted by atomic mass is 9.46. The molecule has 0 radical (unpaired) electrons. The summed E-state index contributed by atoms with van der Waals surface area (Å²) < 4.78 is 5.08. The minimum Gasteiger partial charge on any atom is -0.427 e. The highest BCUT2D eigenvalue weighted by Crippen LogP contribution is 2.64. The number of imide groups is 1. The standard InChI is InChI=1S/C28H21NO5/c1-15(30)28-21-9-5-3-7-19(21)23(20-8-4-6-10-22(20)28)24-25(28)27(33)29(26(24)32)17-11-13-18(14-12-17)34-16(2)31/h3-14,23-25H,1-2H3/t23?,24-,25-,28?/m1/s1. The largest absolute Gasteiger partial charge is 0.427 e. The summed E-state index contributed by atoms with van der Waals surface area (Å²) in [5.41, 5.74) is 2.69. The SMILES string of the molecule is CC(=O)Oc1ccc(N2C(=O)[C@@H]3C4c5ccccc5C(C(C)=O)(c5ccccc54)[C@H]3C2=O)cc1. The normalized spacial score (nSPS) is 26.1. The number of Topliss-reactive ketones (excluding diaryl/α,β-unsaturated/α-hetero) is 1. The Morgan fingerprint density at radius 3 is 1.88 bits per heavy atom. The number of hydrogen-bond donors (Lipinski definition) is 0. The summed E-state index contributed by atoms with van der Waals surface area (Å²) in [6, 6.07) is 21.7. The highest BCUT2D eigenvalue weighted by molar-refractivity contribution is 6.25. The first-order chi connectivity index (χ1) is 16.4. The molecule has 2 atom stereocenters. The molecular formula is C28H21NO5. The Kier molecular flexibility index (Phi) is 4.21. The number of anilines is 1. The lowest BCUT2D eigenvalue weighted by molar-refractivity contribution is -0.132. The number of esters is 1. The van der Waals surface area contributed by atoms with Crippen LogP contribution in [0.25, 0.3) is 0 Å². The quantitative estimate of drug-likeness (QED) is 0.344. The van der Waals surface area contributed by atoms with Crippen LogP contribution in [0, 0.1) is 11.8 Å². The third kappa shape index (κ3) is 2.40. The second-order valence-corrected chi connectivity index (χ2v) is 9.12. The Morgan fingerprint density at radius 2 is 1.35 bits per heavy atom. The third-order valence-corrected chi connectivity index (χ3v) is 7.53.